The van der Waals surface area contributed by atoms with E-state index < -0.39 is 0 Å². The number of nitrogens with one attached hydrogen (secondary N) is 1. The summed E-state index contributed by atoms with van der Waals surface area (Å²) in [5.41, 5.74) is 4.92. The molecular formula is C28H24N4O2. The van der Waals surface area contributed by atoms with Crippen LogP contribution in [0.4, 0.5) is 0 Å². The Morgan fingerprint density at radius 2 is 1.65 bits per heavy atom. The van der Waals surface area contributed by atoms with Crippen molar-refractivity contribution in [2.75, 3.05) is 0 Å². The predicted octanol–water partition coefficient (Wildman–Crippen LogP) is 5.47. The van der Waals surface area contributed by atoms with Gasteiger partial charge in [-0.25, -0.2) is 9.50 Å². The number of nitrogens with zero attached hydrogens (tertiary/aromatic N) is 3. The fourth-order valence-corrected chi connectivity index (χ4v) is 3.77. The molecule has 0 fully saturated rings. The lowest BCUT2D eigenvalue weighted by atomic mass is 10.1. The summed E-state index contributed by atoms with van der Waals surface area (Å²) in [5, 5.41) is 7.41. The Hall–Kier alpha value is -4.45. The van der Waals surface area contributed by atoms with Crippen LogP contribution in [-0.2, 0) is 6.61 Å². The van der Waals surface area contributed by atoms with Crippen LogP contribution in [0.5, 0.6) is 5.75 Å². The molecule has 2 aromatic heterocycles. The van der Waals surface area contributed by atoms with E-state index in [4.69, 9.17) is 4.74 Å². The first-order valence-corrected chi connectivity index (χ1v) is 11.1. The molecule has 0 bridgehead atoms. The maximum atomic E-state index is 12.9. The Labute approximate surface area is 197 Å². The fraction of sp³-hybridized carbons (Fsp3) is 0.107. The van der Waals surface area contributed by atoms with Crippen LogP contribution in [0.3, 0.4) is 0 Å². The minimum Gasteiger partial charge on any atom is -0.489 e. The van der Waals surface area contributed by atoms with E-state index in [1.165, 1.54) is 0 Å². The van der Waals surface area contributed by atoms with Gasteiger partial charge in [-0.3, -0.25) is 4.79 Å². The second-order valence-electron chi connectivity index (χ2n) is 8.04. The summed E-state index contributed by atoms with van der Waals surface area (Å²) in [6, 6.07) is 29.3. The first-order chi connectivity index (χ1) is 16.7. The zero-order chi connectivity index (χ0) is 23.3. The number of amides is 1. The van der Waals surface area contributed by atoms with Crippen molar-refractivity contribution < 1.29 is 9.53 Å². The van der Waals surface area contributed by atoms with Crippen molar-refractivity contribution in [3.63, 3.8) is 0 Å². The number of hydrogen-bond acceptors (Lipinski definition) is 4. The van der Waals surface area contributed by atoms with Gasteiger partial charge in [0.25, 0.3) is 5.91 Å². The molecule has 0 saturated carbocycles. The average molecular weight is 449 g/mol. The summed E-state index contributed by atoms with van der Waals surface area (Å²) in [6.45, 7) is 2.47. The highest BCUT2D eigenvalue weighted by atomic mass is 16.5. The lowest BCUT2D eigenvalue weighted by Gasteiger charge is -2.14. The molecule has 5 aromatic rings. The van der Waals surface area contributed by atoms with Gasteiger partial charge in [0.2, 0.25) is 0 Å². The number of benzene rings is 3. The Kier molecular flexibility index (Phi) is 6.03. The van der Waals surface area contributed by atoms with Gasteiger partial charge in [-0.1, -0.05) is 72.8 Å². The van der Waals surface area contributed by atoms with Crippen LogP contribution >= 0.6 is 0 Å². The molecule has 6 heteroatoms. The Bertz CT molecular complexity index is 1400. The summed E-state index contributed by atoms with van der Waals surface area (Å²) in [4.78, 5) is 17.5. The Balaban J connectivity index is 1.33. The van der Waals surface area contributed by atoms with Crippen molar-refractivity contribution in [2.24, 2.45) is 0 Å². The van der Waals surface area contributed by atoms with Gasteiger partial charge in [-0.2, -0.15) is 5.10 Å². The van der Waals surface area contributed by atoms with Gasteiger partial charge in [0.05, 0.1) is 12.2 Å². The van der Waals surface area contributed by atoms with Gasteiger partial charge in [-0.15, -0.1) is 0 Å². The van der Waals surface area contributed by atoms with Crippen molar-refractivity contribution >= 4 is 11.6 Å². The predicted molar refractivity (Wildman–Crippen MR) is 132 cm³/mol. The van der Waals surface area contributed by atoms with E-state index in [-0.39, 0.29) is 11.9 Å². The molecule has 0 spiro atoms. The third-order valence-corrected chi connectivity index (χ3v) is 5.66. The molecule has 34 heavy (non-hydrogen) atoms. The zero-order valence-electron chi connectivity index (χ0n) is 18.8. The SMILES string of the molecule is C[C@H](NC(=O)c1ccn2ncc(-c3ccc(OCc4ccccc4)cc3)c2n1)c1ccccc1. The van der Waals surface area contributed by atoms with Gasteiger partial charge < -0.3 is 10.1 Å². The van der Waals surface area contributed by atoms with Crippen molar-refractivity contribution in [3.05, 3.63) is 120 Å². The zero-order valence-corrected chi connectivity index (χ0v) is 18.8. The monoisotopic (exact) mass is 448 g/mol. The van der Waals surface area contributed by atoms with Gasteiger partial charge in [0.15, 0.2) is 5.65 Å². The van der Waals surface area contributed by atoms with E-state index in [1.807, 2.05) is 91.9 Å². The number of aromatic nitrogens is 3. The summed E-state index contributed by atoms with van der Waals surface area (Å²) < 4.78 is 7.56. The molecule has 1 atom stereocenters. The Morgan fingerprint density at radius 3 is 2.38 bits per heavy atom. The van der Waals surface area contributed by atoms with Crippen LogP contribution in [0, 0.1) is 0 Å². The number of carbonyl (C=O) groups excluding carboxylic acids is 1. The lowest BCUT2D eigenvalue weighted by Crippen LogP contribution is -2.27. The first kappa shape index (κ1) is 21.4. The van der Waals surface area contributed by atoms with Gasteiger partial charge in [0, 0.05) is 11.8 Å². The molecule has 0 aliphatic heterocycles. The molecule has 5 rings (SSSR count). The highest BCUT2D eigenvalue weighted by molar-refractivity contribution is 5.93. The van der Waals surface area contributed by atoms with Crippen LogP contribution in [0.25, 0.3) is 16.8 Å². The van der Waals surface area contributed by atoms with Crippen molar-refractivity contribution in [1.82, 2.24) is 19.9 Å². The van der Waals surface area contributed by atoms with E-state index in [0.29, 0.717) is 17.9 Å². The number of ether oxygens (including phenoxy) is 1. The van der Waals surface area contributed by atoms with E-state index in [1.54, 1.807) is 23.0 Å². The molecule has 3 aromatic carbocycles. The van der Waals surface area contributed by atoms with Crippen molar-refractivity contribution in [1.29, 1.82) is 0 Å². The summed E-state index contributed by atoms with van der Waals surface area (Å²) >= 11 is 0. The normalized spacial score (nSPS) is 11.8. The molecule has 0 aliphatic carbocycles. The van der Waals surface area contributed by atoms with Crippen LogP contribution in [-0.4, -0.2) is 20.5 Å². The molecule has 1 N–H and O–H groups in total. The quantitative estimate of drug-likeness (QED) is 0.359. The molecule has 168 valence electrons. The van der Waals surface area contributed by atoms with Crippen LogP contribution in [0.1, 0.15) is 34.6 Å². The fourth-order valence-electron chi connectivity index (χ4n) is 3.77. The number of hydrogen-bond donors (Lipinski definition) is 1. The van der Waals surface area contributed by atoms with Gasteiger partial charge in [-0.05, 0) is 41.8 Å². The molecule has 0 radical (unpaired) electrons. The summed E-state index contributed by atoms with van der Waals surface area (Å²) in [7, 11) is 0. The minimum absolute atomic E-state index is 0.125. The van der Waals surface area contributed by atoms with Gasteiger partial charge in [0.1, 0.15) is 18.1 Å². The van der Waals surface area contributed by atoms with Crippen LogP contribution < -0.4 is 10.1 Å². The molecule has 6 nitrogen and oxygen atoms in total. The highest BCUT2D eigenvalue weighted by Crippen LogP contribution is 2.26. The average Bonchev–Trinajstić information content (AvgIpc) is 3.32. The number of carbonyl (C=O) groups is 1. The number of rotatable bonds is 7. The highest BCUT2D eigenvalue weighted by Gasteiger charge is 2.15. The number of fused-ring (bicyclic) bond motifs is 1. The molecular weight excluding hydrogens is 424 g/mol. The maximum absolute atomic E-state index is 12.9. The van der Waals surface area contributed by atoms with Crippen LogP contribution in [0.15, 0.2) is 103 Å². The maximum Gasteiger partial charge on any atom is 0.270 e. The molecule has 2 heterocycles. The van der Waals surface area contributed by atoms with E-state index in [9.17, 15) is 4.79 Å². The second-order valence-corrected chi connectivity index (χ2v) is 8.04. The standard InChI is InChI=1S/C28H24N4O2/c1-20(22-10-6-3-7-11-22)30-28(33)26-16-17-32-27(31-26)25(18-29-32)23-12-14-24(15-13-23)34-19-21-8-4-2-5-9-21/h2-18,20H,19H2,1H3,(H,30,33)/t20-/m0/s1. The molecule has 1 amide bonds. The minimum atomic E-state index is -0.226. The summed E-state index contributed by atoms with van der Waals surface area (Å²) in [6.07, 6.45) is 3.52. The smallest absolute Gasteiger partial charge is 0.270 e. The van der Waals surface area contributed by atoms with E-state index in [2.05, 4.69) is 15.4 Å². The largest absolute Gasteiger partial charge is 0.489 e. The van der Waals surface area contributed by atoms with E-state index in [0.717, 1.165) is 28.0 Å². The third-order valence-electron chi connectivity index (χ3n) is 5.66. The third kappa shape index (κ3) is 4.66. The van der Waals surface area contributed by atoms with Gasteiger partial charge >= 0.3 is 0 Å². The van der Waals surface area contributed by atoms with Crippen molar-refractivity contribution in [3.8, 4) is 16.9 Å². The molecule has 0 unspecified atom stereocenters. The van der Waals surface area contributed by atoms with Crippen molar-refractivity contribution in [2.45, 2.75) is 19.6 Å². The molecule has 0 saturated heterocycles. The molecule has 0 aliphatic rings. The topological polar surface area (TPSA) is 68.5 Å². The Morgan fingerprint density at radius 1 is 0.941 bits per heavy atom. The summed E-state index contributed by atoms with van der Waals surface area (Å²) in [5.74, 6) is 0.558. The first-order valence-electron chi connectivity index (χ1n) is 11.1. The van der Waals surface area contributed by atoms with Crippen LogP contribution in [0.2, 0.25) is 0 Å². The lowest BCUT2D eigenvalue weighted by molar-refractivity contribution is 0.0935. The van der Waals surface area contributed by atoms with E-state index >= 15 is 0 Å². The second kappa shape index (κ2) is 9.58.